The van der Waals surface area contributed by atoms with E-state index in [0.717, 1.165) is 44.6 Å². The van der Waals surface area contributed by atoms with E-state index in [9.17, 15) is 9.59 Å². The summed E-state index contributed by atoms with van der Waals surface area (Å²) in [6, 6.07) is 3.80. The van der Waals surface area contributed by atoms with E-state index in [1.807, 2.05) is 24.1 Å². The third kappa shape index (κ3) is 3.11. The predicted molar refractivity (Wildman–Crippen MR) is 96.6 cm³/mol. The van der Waals surface area contributed by atoms with Crippen LogP contribution in [0.2, 0.25) is 0 Å². The Hall–Kier alpha value is -1.95. The second-order valence-electron chi connectivity index (χ2n) is 7.87. The van der Waals surface area contributed by atoms with Gasteiger partial charge in [0.1, 0.15) is 5.60 Å². The molecule has 0 radical (unpaired) electrons. The average molecular weight is 357 g/mol. The highest BCUT2D eigenvalue weighted by molar-refractivity contribution is 5.92. The molecular formula is C20H27N3O3. The number of likely N-dealkylation sites (tertiary alicyclic amines) is 1. The lowest BCUT2D eigenvalue weighted by Crippen LogP contribution is -2.41. The molecule has 1 saturated heterocycles. The van der Waals surface area contributed by atoms with E-state index in [0.29, 0.717) is 18.5 Å². The molecule has 6 heteroatoms. The molecule has 2 fully saturated rings. The number of hydrogen-bond donors (Lipinski definition) is 0. The molecule has 140 valence electrons. The minimum absolute atomic E-state index is 0.0311. The molecule has 0 unspecified atom stereocenters. The van der Waals surface area contributed by atoms with Crippen LogP contribution in [-0.4, -0.2) is 59.9 Å². The number of carbonyl (C=O) groups excluding carboxylic acids is 2. The van der Waals surface area contributed by atoms with Crippen molar-refractivity contribution in [1.82, 2.24) is 14.8 Å². The Bertz CT molecular complexity index is 691. The van der Waals surface area contributed by atoms with Crippen molar-refractivity contribution in [2.45, 2.75) is 44.1 Å². The monoisotopic (exact) mass is 357 g/mol. The van der Waals surface area contributed by atoms with Gasteiger partial charge in [-0.05, 0) is 57.7 Å². The van der Waals surface area contributed by atoms with Gasteiger partial charge in [0.25, 0.3) is 0 Å². The average Bonchev–Trinajstić information content (AvgIpc) is 3.28. The number of ether oxygens (including phenoxy) is 1. The van der Waals surface area contributed by atoms with Gasteiger partial charge < -0.3 is 14.5 Å². The standard InChI is InChI=1S/C20H27N3O3/c1-22(13-14-23-11-2-3-12-23)18(24)15-6-8-20(9-7-15)16-5-4-10-21-17(16)19(25)26-20/h4-5,10,15H,2-3,6-9,11-14H2,1H3. The molecule has 1 aliphatic carbocycles. The van der Waals surface area contributed by atoms with Crippen LogP contribution >= 0.6 is 0 Å². The number of likely N-dealkylation sites (N-methyl/N-ethyl adjacent to an activating group) is 1. The fraction of sp³-hybridized carbons (Fsp3) is 0.650. The third-order valence-electron chi connectivity index (χ3n) is 6.25. The molecule has 0 N–H and O–H groups in total. The highest BCUT2D eigenvalue weighted by Crippen LogP contribution is 2.47. The van der Waals surface area contributed by atoms with E-state index < -0.39 is 5.60 Å². The lowest BCUT2D eigenvalue weighted by molar-refractivity contribution is -0.137. The van der Waals surface area contributed by atoms with Crippen LogP contribution in [0.25, 0.3) is 0 Å². The van der Waals surface area contributed by atoms with Crippen LogP contribution in [0.3, 0.4) is 0 Å². The van der Waals surface area contributed by atoms with Crippen LogP contribution in [0.15, 0.2) is 18.3 Å². The molecule has 3 aliphatic rings. The number of carbonyl (C=O) groups is 2. The molecule has 1 aromatic heterocycles. The Morgan fingerprint density at radius 1 is 1.35 bits per heavy atom. The topological polar surface area (TPSA) is 62.7 Å². The maximum absolute atomic E-state index is 12.8. The minimum Gasteiger partial charge on any atom is -0.449 e. The van der Waals surface area contributed by atoms with Gasteiger partial charge in [-0.15, -0.1) is 0 Å². The van der Waals surface area contributed by atoms with Gasteiger partial charge >= 0.3 is 5.97 Å². The number of amides is 1. The largest absolute Gasteiger partial charge is 0.449 e. The van der Waals surface area contributed by atoms with Gasteiger partial charge in [0.05, 0.1) is 0 Å². The molecule has 0 atom stereocenters. The van der Waals surface area contributed by atoms with E-state index >= 15 is 0 Å². The van der Waals surface area contributed by atoms with Gasteiger partial charge in [-0.3, -0.25) is 4.79 Å². The summed E-state index contributed by atoms with van der Waals surface area (Å²) in [5, 5.41) is 0. The molecule has 1 saturated carbocycles. The first-order chi connectivity index (χ1) is 12.6. The van der Waals surface area contributed by atoms with Crippen molar-refractivity contribution in [2.75, 3.05) is 33.2 Å². The van der Waals surface area contributed by atoms with Crippen LogP contribution in [0, 0.1) is 5.92 Å². The van der Waals surface area contributed by atoms with Crippen molar-refractivity contribution in [1.29, 1.82) is 0 Å². The number of esters is 1. The van der Waals surface area contributed by atoms with Crippen molar-refractivity contribution in [3.05, 3.63) is 29.6 Å². The summed E-state index contributed by atoms with van der Waals surface area (Å²) in [7, 11) is 1.91. The minimum atomic E-state index is -0.564. The zero-order valence-corrected chi connectivity index (χ0v) is 15.4. The smallest absolute Gasteiger partial charge is 0.358 e. The van der Waals surface area contributed by atoms with Crippen molar-refractivity contribution in [2.24, 2.45) is 5.92 Å². The number of rotatable bonds is 4. The second kappa shape index (κ2) is 6.99. The van der Waals surface area contributed by atoms with Crippen molar-refractivity contribution < 1.29 is 14.3 Å². The van der Waals surface area contributed by atoms with Gasteiger partial charge in [0.15, 0.2) is 5.69 Å². The van der Waals surface area contributed by atoms with E-state index in [4.69, 9.17) is 4.74 Å². The highest BCUT2D eigenvalue weighted by atomic mass is 16.6. The summed E-state index contributed by atoms with van der Waals surface area (Å²) in [5.41, 5.74) is 0.782. The summed E-state index contributed by atoms with van der Waals surface area (Å²) < 4.78 is 5.73. The first kappa shape index (κ1) is 17.5. The molecule has 0 aromatic carbocycles. The van der Waals surface area contributed by atoms with Crippen LogP contribution in [-0.2, 0) is 15.1 Å². The summed E-state index contributed by atoms with van der Waals surface area (Å²) in [4.78, 5) is 33.4. The molecule has 3 heterocycles. The number of fused-ring (bicyclic) bond motifs is 2. The maximum atomic E-state index is 12.8. The van der Waals surface area contributed by atoms with Gasteiger partial charge in [-0.1, -0.05) is 6.07 Å². The third-order valence-corrected chi connectivity index (χ3v) is 6.25. The summed E-state index contributed by atoms with van der Waals surface area (Å²) in [6.07, 6.45) is 7.10. The predicted octanol–water partition coefficient (Wildman–Crippen LogP) is 2.19. The van der Waals surface area contributed by atoms with E-state index in [2.05, 4.69) is 9.88 Å². The molecule has 26 heavy (non-hydrogen) atoms. The van der Waals surface area contributed by atoms with Crippen LogP contribution < -0.4 is 0 Å². The van der Waals surface area contributed by atoms with Crippen LogP contribution in [0.5, 0.6) is 0 Å². The number of nitrogens with zero attached hydrogens (tertiary/aromatic N) is 3. The molecule has 2 aliphatic heterocycles. The quantitative estimate of drug-likeness (QED) is 0.773. The summed E-state index contributed by atoms with van der Waals surface area (Å²) >= 11 is 0. The molecule has 4 rings (SSSR count). The Labute approximate surface area is 154 Å². The number of hydrogen-bond acceptors (Lipinski definition) is 5. The van der Waals surface area contributed by atoms with Crippen molar-refractivity contribution >= 4 is 11.9 Å². The van der Waals surface area contributed by atoms with Gasteiger partial charge in [-0.2, -0.15) is 0 Å². The highest BCUT2D eigenvalue weighted by Gasteiger charge is 2.49. The fourth-order valence-electron chi connectivity index (χ4n) is 4.64. The number of pyridine rings is 1. The van der Waals surface area contributed by atoms with Gasteiger partial charge in [-0.25, -0.2) is 9.78 Å². The van der Waals surface area contributed by atoms with Crippen molar-refractivity contribution in [3.8, 4) is 0 Å². The van der Waals surface area contributed by atoms with Crippen molar-refractivity contribution in [3.63, 3.8) is 0 Å². The van der Waals surface area contributed by atoms with E-state index in [-0.39, 0.29) is 17.8 Å². The maximum Gasteiger partial charge on any atom is 0.358 e. The number of aromatic nitrogens is 1. The Morgan fingerprint density at radius 2 is 2.08 bits per heavy atom. The summed E-state index contributed by atoms with van der Waals surface area (Å²) in [6.45, 7) is 4.08. The molecule has 0 bridgehead atoms. The van der Waals surface area contributed by atoms with E-state index in [1.165, 1.54) is 12.8 Å². The lowest BCUT2D eigenvalue weighted by Gasteiger charge is -2.37. The molecule has 1 spiro atoms. The Kier molecular flexibility index (Phi) is 4.69. The second-order valence-corrected chi connectivity index (χ2v) is 7.87. The van der Waals surface area contributed by atoms with Gasteiger partial charge in [0.2, 0.25) is 5.91 Å². The zero-order valence-electron chi connectivity index (χ0n) is 15.4. The SMILES string of the molecule is CN(CCN1CCCC1)C(=O)C1CCC2(CC1)OC(=O)c1ncccc12. The normalized spacial score (nSPS) is 28.2. The first-order valence-electron chi connectivity index (χ1n) is 9.75. The molecule has 1 amide bonds. The first-order valence-corrected chi connectivity index (χ1v) is 9.75. The Morgan fingerprint density at radius 3 is 2.81 bits per heavy atom. The van der Waals surface area contributed by atoms with Crippen LogP contribution in [0.4, 0.5) is 0 Å². The Balaban J connectivity index is 1.35. The van der Waals surface area contributed by atoms with Gasteiger partial charge in [0, 0.05) is 37.8 Å². The molecule has 6 nitrogen and oxygen atoms in total. The zero-order chi connectivity index (χ0) is 18.1. The lowest BCUT2D eigenvalue weighted by atomic mass is 9.75. The summed E-state index contributed by atoms with van der Waals surface area (Å²) in [5.74, 6) is -0.0634. The fourth-order valence-corrected chi connectivity index (χ4v) is 4.64. The molecular weight excluding hydrogens is 330 g/mol. The van der Waals surface area contributed by atoms with Crippen LogP contribution in [0.1, 0.15) is 54.6 Å². The van der Waals surface area contributed by atoms with E-state index in [1.54, 1.807) is 6.20 Å². The molecule has 1 aromatic rings.